The predicted octanol–water partition coefficient (Wildman–Crippen LogP) is 1.12. The van der Waals surface area contributed by atoms with Crippen molar-refractivity contribution >= 4 is 5.97 Å². The third kappa shape index (κ3) is 2.48. The number of ether oxygens (including phenoxy) is 2. The van der Waals surface area contributed by atoms with Gasteiger partial charge in [-0.05, 0) is 6.07 Å². The maximum absolute atomic E-state index is 11.4. The first-order valence-electron chi connectivity index (χ1n) is 5.33. The molecule has 0 atom stereocenters. The van der Waals surface area contributed by atoms with E-state index in [-0.39, 0.29) is 5.69 Å². The molecule has 0 spiro atoms. The summed E-state index contributed by atoms with van der Waals surface area (Å²) in [6, 6.07) is 3.40. The van der Waals surface area contributed by atoms with Crippen LogP contribution in [-0.2, 0) is 11.3 Å². The smallest absolute Gasteiger partial charge is 0.356 e. The average Bonchev–Trinajstić information content (AvgIpc) is 2.91. The minimum Gasteiger partial charge on any atom is -0.496 e. The van der Waals surface area contributed by atoms with Gasteiger partial charge in [-0.25, -0.2) is 9.78 Å². The van der Waals surface area contributed by atoms with Crippen LogP contribution >= 0.6 is 0 Å². The number of carbonyl (C=O) groups is 1. The normalized spacial score (nSPS) is 10.1. The summed E-state index contributed by atoms with van der Waals surface area (Å²) in [7, 11) is 2.86. The molecular weight excluding hydrogens is 234 g/mol. The lowest BCUT2D eigenvalue weighted by atomic mass is 10.2. The molecule has 2 aromatic heterocycles. The Morgan fingerprint density at radius 3 is 2.89 bits per heavy atom. The molecule has 0 aliphatic rings. The first-order chi connectivity index (χ1) is 8.74. The van der Waals surface area contributed by atoms with Crippen LogP contribution in [0.5, 0.6) is 5.75 Å². The molecule has 0 amide bonds. The average molecular weight is 247 g/mol. The summed E-state index contributed by atoms with van der Waals surface area (Å²) >= 11 is 0. The molecule has 0 fully saturated rings. The van der Waals surface area contributed by atoms with Gasteiger partial charge in [0.1, 0.15) is 5.75 Å². The van der Waals surface area contributed by atoms with Gasteiger partial charge in [-0.2, -0.15) is 5.10 Å². The van der Waals surface area contributed by atoms with Gasteiger partial charge in [0.15, 0.2) is 5.69 Å². The summed E-state index contributed by atoms with van der Waals surface area (Å²) in [5, 5.41) is 4.10. The fraction of sp³-hybridized carbons (Fsp3) is 0.250. The number of rotatable bonds is 4. The summed E-state index contributed by atoms with van der Waals surface area (Å²) in [4.78, 5) is 15.4. The lowest BCUT2D eigenvalue weighted by Crippen LogP contribution is -2.08. The van der Waals surface area contributed by atoms with Crippen molar-refractivity contribution < 1.29 is 14.3 Å². The lowest BCUT2D eigenvalue weighted by Gasteiger charge is -2.09. The van der Waals surface area contributed by atoms with E-state index >= 15 is 0 Å². The topological polar surface area (TPSA) is 66.2 Å². The van der Waals surface area contributed by atoms with Crippen molar-refractivity contribution in [3.8, 4) is 5.75 Å². The van der Waals surface area contributed by atoms with Crippen molar-refractivity contribution in [3.05, 3.63) is 42.0 Å². The predicted molar refractivity (Wildman–Crippen MR) is 63.5 cm³/mol. The molecule has 0 radical (unpaired) electrons. The lowest BCUT2D eigenvalue weighted by molar-refractivity contribution is 0.0593. The first kappa shape index (κ1) is 12.1. The monoisotopic (exact) mass is 247 g/mol. The minimum atomic E-state index is -0.487. The molecule has 0 N–H and O–H groups in total. The molecule has 0 bridgehead atoms. The fourth-order valence-corrected chi connectivity index (χ4v) is 1.56. The number of carbonyl (C=O) groups excluding carboxylic acids is 1. The summed E-state index contributed by atoms with van der Waals surface area (Å²) in [6.07, 6.45) is 5.13. The molecule has 2 heterocycles. The maximum Gasteiger partial charge on any atom is 0.356 e. The highest BCUT2D eigenvalue weighted by Gasteiger charge is 2.12. The Hall–Kier alpha value is -2.37. The van der Waals surface area contributed by atoms with Crippen LogP contribution in [0, 0.1) is 0 Å². The van der Waals surface area contributed by atoms with Crippen LogP contribution in [0.15, 0.2) is 30.7 Å². The van der Waals surface area contributed by atoms with E-state index in [2.05, 4.69) is 14.8 Å². The van der Waals surface area contributed by atoms with E-state index in [1.165, 1.54) is 7.11 Å². The van der Waals surface area contributed by atoms with Gasteiger partial charge >= 0.3 is 5.97 Å². The molecule has 6 heteroatoms. The van der Waals surface area contributed by atoms with E-state index in [1.807, 2.05) is 12.3 Å². The molecular formula is C12H13N3O3. The molecule has 94 valence electrons. The number of methoxy groups -OCH3 is 2. The maximum atomic E-state index is 11.4. The molecule has 2 aromatic rings. The number of aromatic nitrogens is 3. The molecule has 0 aliphatic carbocycles. The minimum absolute atomic E-state index is 0.221. The van der Waals surface area contributed by atoms with Gasteiger partial charge in [0.25, 0.3) is 0 Å². The zero-order valence-corrected chi connectivity index (χ0v) is 10.2. The van der Waals surface area contributed by atoms with E-state index in [0.29, 0.717) is 12.3 Å². The Morgan fingerprint density at radius 2 is 2.28 bits per heavy atom. The molecule has 6 nitrogen and oxygen atoms in total. The van der Waals surface area contributed by atoms with Crippen molar-refractivity contribution in [1.29, 1.82) is 0 Å². The Balaban J connectivity index is 2.28. The van der Waals surface area contributed by atoms with Crippen molar-refractivity contribution in [2.24, 2.45) is 0 Å². The zero-order chi connectivity index (χ0) is 13.0. The highest BCUT2D eigenvalue weighted by molar-refractivity contribution is 5.87. The van der Waals surface area contributed by atoms with E-state index in [0.717, 1.165) is 5.56 Å². The fourth-order valence-electron chi connectivity index (χ4n) is 1.56. The first-order valence-corrected chi connectivity index (χ1v) is 5.33. The SMILES string of the molecule is COC(=O)c1cc(OC)c(Cn2cccn2)cn1. The number of pyridine rings is 1. The van der Waals surface area contributed by atoms with Gasteiger partial charge in [0.05, 0.1) is 20.8 Å². The van der Waals surface area contributed by atoms with E-state index < -0.39 is 5.97 Å². The molecule has 0 aromatic carbocycles. The van der Waals surface area contributed by atoms with Crippen molar-refractivity contribution in [1.82, 2.24) is 14.8 Å². The van der Waals surface area contributed by atoms with Crippen LogP contribution in [0.2, 0.25) is 0 Å². The largest absolute Gasteiger partial charge is 0.496 e. The van der Waals surface area contributed by atoms with Crippen LogP contribution in [-0.4, -0.2) is 35.0 Å². The summed E-state index contributed by atoms with van der Waals surface area (Å²) < 4.78 is 11.6. The van der Waals surface area contributed by atoms with Crippen LogP contribution in [0.25, 0.3) is 0 Å². The second-order valence-corrected chi connectivity index (χ2v) is 3.58. The highest BCUT2D eigenvalue weighted by Crippen LogP contribution is 2.19. The summed E-state index contributed by atoms with van der Waals surface area (Å²) in [6.45, 7) is 0.532. The van der Waals surface area contributed by atoms with Crippen molar-refractivity contribution in [2.45, 2.75) is 6.54 Å². The second kappa shape index (κ2) is 5.31. The molecule has 0 saturated heterocycles. The molecule has 2 rings (SSSR count). The highest BCUT2D eigenvalue weighted by atomic mass is 16.5. The molecule has 0 aliphatic heterocycles. The summed E-state index contributed by atoms with van der Waals surface area (Å²) in [5.74, 6) is 0.0971. The van der Waals surface area contributed by atoms with E-state index in [4.69, 9.17) is 4.74 Å². The van der Waals surface area contributed by atoms with Gasteiger partial charge in [0.2, 0.25) is 0 Å². The third-order valence-electron chi connectivity index (χ3n) is 2.45. The second-order valence-electron chi connectivity index (χ2n) is 3.58. The third-order valence-corrected chi connectivity index (χ3v) is 2.45. The molecule has 0 unspecified atom stereocenters. The Bertz CT molecular complexity index is 538. The standard InChI is InChI=1S/C12H13N3O3/c1-17-11-6-10(12(16)18-2)13-7-9(11)8-15-5-3-4-14-15/h3-7H,8H2,1-2H3. The number of nitrogens with zero attached hydrogens (tertiary/aromatic N) is 3. The van der Waals surface area contributed by atoms with E-state index in [9.17, 15) is 4.79 Å². The van der Waals surface area contributed by atoms with Gasteiger partial charge in [-0.3, -0.25) is 4.68 Å². The number of hydrogen-bond acceptors (Lipinski definition) is 5. The van der Waals surface area contributed by atoms with Gasteiger partial charge < -0.3 is 9.47 Å². The Kier molecular flexibility index (Phi) is 3.57. The van der Waals surface area contributed by atoms with Crippen molar-refractivity contribution in [3.63, 3.8) is 0 Å². The number of esters is 1. The van der Waals surface area contributed by atoms with Gasteiger partial charge in [-0.15, -0.1) is 0 Å². The van der Waals surface area contributed by atoms with Crippen molar-refractivity contribution in [2.75, 3.05) is 14.2 Å². The summed E-state index contributed by atoms with van der Waals surface area (Å²) in [5.41, 5.74) is 1.06. The van der Waals surface area contributed by atoms with Gasteiger partial charge in [-0.1, -0.05) is 0 Å². The van der Waals surface area contributed by atoms with Gasteiger partial charge in [0, 0.05) is 30.2 Å². The molecule has 0 saturated carbocycles. The number of hydrogen-bond donors (Lipinski definition) is 0. The van der Waals surface area contributed by atoms with E-state index in [1.54, 1.807) is 30.3 Å². The van der Waals surface area contributed by atoms with Crippen LogP contribution in [0.4, 0.5) is 0 Å². The van der Waals surface area contributed by atoms with Crippen LogP contribution < -0.4 is 4.74 Å². The Labute approximate surface area is 104 Å². The van der Waals surface area contributed by atoms with Crippen LogP contribution in [0.3, 0.4) is 0 Å². The molecule has 18 heavy (non-hydrogen) atoms. The Morgan fingerprint density at radius 1 is 1.44 bits per heavy atom. The van der Waals surface area contributed by atoms with Crippen LogP contribution in [0.1, 0.15) is 16.1 Å². The zero-order valence-electron chi connectivity index (χ0n) is 10.2. The quantitative estimate of drug-likeness (QED) is 0.757.